The van der Waals surface area contributed by atoms with Crippen molar-refractivity contribution in [2.45, 2.75) is 97.7 Å². The highest BCUT2D eigenvalue weighted by Gasteiger charge is 2.32. The van der Waals surface area contributed by atoms with Crippen LogP contribution in [0.1, 0.15) is 79.6 Å². The Hall–Kier alpha value is -0.353. The van der Waals surface area contributed by atoms with Crippen LogP contribution in [0.2, 0.25) is 18.1 Å². The Morgan fingerprint density at radius 2 is 1.26 bits per heavy atom. The Morgan fingerprint density at radius 3 is 1.70 bits per heavy atom. The summed E-state index contributed by atoms with van der Waals surface area (Å²) < 4.78 is 5.91. The van der Waals surface area contributed by atoms with Crippen molar-refractivity contribution in [3.63, 3.8) is 0 Å². The molecule has 0 heterocycles. The second-order valence-electron chi connectivity index (χ2n) is 6.72. The Kier molecular flexibility index (Phi) is 13.8. The van der Waals surface area contributed by atoms with Crippen molar-refractivity contribution >= 4 is 14.3 Å². The second-order valence-corrected chi connectivity index (χ2v) is 11.4. The molecule has 3 nitrogen and oxygen atoms in total. The van der Waals surface area contributed by atoms with Crippen LogP contribution >= 0.6 is 0 Å². The van der Waals surface area contributed by atoms with Gasteiger partial charge in [-0.3, -0.25) is 4.79 Å². The lowest BCUT2D eigenvalue weighted by Gasteiger charge is -2.27. The maximum Gasteiger partial charge on any atom is 0.292 e. The summed E-state index contributed by atoms with van der Waals surface area (Å²) in [5.41, 5.74) is 0. The molecule has 0 bridgehead atoms. The Morgan fingerprint density at radius 1 is 0.783 bits per heavy atom. The van der Waals surface area contributed by atoms with E-state index in [2.05, 4.69) is 39.5 Å². The molecule has 0 fully saturated rings. The van der Waals surface area contributed by atoms with Crippen LogP contribution in [0.5, 0.6) is 0 Å². The monoisotopic (exact) mass is 343 g/mol. The predicted molar refractivity (Wildman–Crippen MR) is 103 cm³/mol. The fraction of sp³-hybridized carbons (Fsp3) is 0.947. The van der Waals surface area contributed by atoms with E-state index in [0.29, 0.717) is 6.42 Å². The van der Waals surface area contributed by atoms with Gasteiger partial charge in [0.05, 0.1) is 0 Å². The van der Waals surface area contributed by atoms with Gasteiger partial charge in [0, 0.05) is 6.42 Å². The van der Waals surface area contributed by atoms with E-state index in [4.69, 9.17) is 4.43 Å². The molecule has 23 heavy (non-hydrogen) atoms. The lowest BCUT2D eigenvalue weighted by molar-refractivity contribution is -0.135. The zero-order valence-electron chi connectivity index (χ0n) is 16.5. The lowest BCUT2D eigenvalue weighted by atomic mass is 10.2. The number of unbranched alkanes of at least 4 members (excludes halogenated alkanes) is 3. The number of nitrogens with zero attached hydrogens (tertiary/aromatic N) is 1. The molecule has 0 aromatic rings. The minimum Gasteiger partial charge on any atom is -0.519 e. The number of rotatable bonds is 15. The molecule has 138 valence electrons. The summed E-state index contributed by atoms with van der Waals surface area (Å²) in [4.78, 5) is 14.7. The van der Waals surface area contributed by atoms with Crippen LogP contribution < -0.4 is 0 Å². The van der Waals surface area contributed by atoms with Gasteiger partial charge in [-0.2, -0.15) is 0 Å². The number of hydrogen-bond acceptors (Lipinski definition) is 3. The summed E-state index contributed by atoms with van der Waals surface area (Å²) in [6.45, 7) is 14.6. The molecular formula is C19H41NO2Si. The minimum atomic E-state index is -1.76. The van der Waals surface area contributed by atoms with Gasteiger partial charge < -0.3 is 9.33 Å². The van der Waals surface area contributed by atoms with E-state index in [1.54, 1.807) is 0 Å². The van der Waals surface area contributed by atoms with E-state index < -0.39 is 8.32 Å². The molecule has 0 amide bonds. The SMILES string of the molecule is CCCCN(CCCC)CCCCC(=O)O[Si](CC)(CC)CC. The van der Waals surface area contributed by atoms with Crippen LogP contribution in [0.25, 0.3) is 0 Å². The van der Waals surface area contributed by atoms with Crippen molar-refractivity contribution in [3.05, 3.63) is 0 Å². The molecule has 0 aromatic heterocycles. The standard InChI is InChI=1S/C19H41NO2Si/c1-6-11-16-20(17-12-7-2)18-14-13-15-19(21)22-23(8-3,9-4)10-5/h6-18H2,1-5H3. The molecule has 0 spiro atoms. The van der Waals surface area contributed by atoms with E-state index in [0.717, 1.165) is 37.5 Å². The van der Waals surface area contributed by atoms with E-state index in [-0.39, 0.29) is 5.97 Å². The molecule has 0 saturated carbocycles. The fourth-order valence-corrected chi connectivity index (χ4v) is 5.48. The first-order valence-corrected chi connectivity index (χ1v) is 12.5. The minimum absolute atomic E-state index is 0.0517. The smallest absolute Gasteiger partial charge is 0.292 e. The van der Waals surface area contributed by atoms with Crippen LogP contribution in [0, 0.1) is 0 Å². The van der Waals surface area contributed by atoms with Crippen LogP contribution in [0.4, 0.5) is 0 Å². The maximum atomic E-state index is 12.1. The molecule has 0 unspecified atom stereocenters. The first-order chi connectivity index (χ1) is 11.1. The molecule has 0 aliphatic rings. The fourth-order valence-electron chi connectivity index (χ4n) is 2.96. The van der Waals surface area contributed by atoms with E-state index >= 15 is 0 Å². The van der Waals surface area contributed by atoms with Gasteiger partial charge in [0.1, 0.15) is 0 Å². The average Bonchev–Trinajstić information content (AvgIpc) is 2.58. The summed E-state index contributed by atoms with van der Waals surface area (Å²) in [6.07, 6.45) is 7.76. The van der Waals surface area contributed by atoms with Gasteiger partial charge in [-0.15, -0.1) is 0 Å². The largest absolute Gasteiger partial charge is 0.519 e. The van der Waals surface area contributed by atoms with Gasteiger partial charge in [0.15, 0.2) is 0 Å². The highest BCUT2D eigenvalue weighted by Crippen LogP contribution is 2.22. The van der Waals surface area contributed by atoms with Crippen molar-refractivity contribution in [3.8, 4) is 0 Å². The maximum absolute atomic E-state index is 12.1. The molecule has 0 saturated heterocycles. The Labute approximate surface area is 146 Å². The molecule has 0 aromatic carbocycles. The van der Waals surface area contributed by atoms with Crippen molar-refractivity contribution in [2.24, 2.45) is 0 Å². The first kappa shape index (κ1) is 22.6. The van der Waals surface area contributed by atoms with Crippen LogP contribution in [-0.2, 0) is 9.22 Å². The third-order valence-electron chi connectivity index (χ3n) is 5.02. The molecule has 0 radical (unpaired) electrons. The van der Waals surface area contributed by atoms with Gasteiger partial charge in [-0.25, -0.2) is 0 Å². The zero-order valence-corrected chi connectivity index (χ0v) is 17.5. The van der Waals surface area contributed by atoms with Crippen molar-refractivity contribution < 1.29 is 9.22 Å². The second kappa shape index (κ2) is 14.0. The first-order valence-electron chi connectivity index (χ1n) is 10.0. The van der Waals surface area contributed by atoms with Gasteiger partial charge in [-0.05, 0) is 63.4 Å². The normalized spacial score (nSPS) is 11.9. The average molecular weight is 344 g/mol. The number of carbonyl (C=O) groups is 1. The molecule has 0 N–H and O–H groups in total. The number of hydrogen-bond donors (Lipinski definition) is 0. The lowest BCUT2D eigenvalue weighted by Crippen LogP contribution is -2.38. The molecular weight excluding hydrogens is 302 g/mol. The van der Waals surface area contributed by atoms with Gasteiger partial charge in [0.25, 0.3) is 14.3 Å². The van der Waals surface area contributed by atoms with Crippen LogP contribution in [0.3, 0.4) is 0 Å². The summed E-state index contributed by atoms with van der Waals surface area (Å²) in [7, 11) is -1.76. The van der Waals surface area contributed by atoms with E-state index in [1.165, 1.54) is 38.8 Å². The van der Waals surface area contributed by atoms with Gasteiger partial charge in [-0.1, -0.05) is 47.5 Å². The molecule has 0 atom stereocenters. The van der Waals surface area contributed by atoms with Crippen LogP contribution in [-0.4, -0.2) is 38.8 Å². The zero-order chi connectivity index (χ0) is 17.6. The van der Waals surface area contributed by atoms with Crippen LogP contribution in [0.15, 0.2) is 0 Å². The summed E-state index contributed by atoms with van der Waals surface area (Å²) in [6, 6.07) is 3.15. The third-order valence-corrected chi connectivity index (χ3v) is 9.55. The molecule has 0 aliphatic carbocycles. The molecule has 4 heteroatoms. The van der Waals surface area contributed by atoms with Crippen molar-refractivity contribution in [1.29, 1.82) is 0 Å². The van der Waals surface area contributed by atoms with E-state index in [1.807, 2.05) is 0 Å². The van der Waals surface area contributed by atoms with Crippen molar-refractivity contribution in [1.82, 2.24) is 4.90 Å². The Balaban J connectivity index is 4.04. The Bertz CT molecular complexity index is 277. The predicted octanol–water partition coefficient (Wildman–Crippen LogP) is 5.61. The molecule has 0 rings (SSSR count). The highest BCUT2D eigenvalue weighted by molar-refractivity contribution is 6.74. The summed E-state index contributed by atoms with van der Waals surface area (Å²) >= 11 is 0. The summed E-state index contributed by atoms with van der Waals surface area (Å²) in [5, 5.41) is 0. The van der Waals surface area contributed by atoms with E-state index in [9.17, 15) is 4.79 Å². The topological polar surface area (TPSA) is 29.5 Å². The molecule has 0 aliphatic heterocycles. The summed E-state index contributed by atoms with van der Waals surface area (Å²) in [5.74, 6) is 0.0517. The van der Waals surface area contributed by atoms with Crippen molar-refractivity contribution in [2.75, 3.05) is 19.6 Å². The number of carbonyl (C=O) groups excluding carboxylic acids is 1. The van der Waals surface area contributed by atoms with Gasteiger partial charge >= 0.3 is 0 Å². The highest BCUT2D eigenvalue weighted by atomic mass is 28.4. The van der Waals surface area contributed by atoms with Gasteiger partial charge in [0.2, 0.25) is 0 Å². The third kappa shape index (κ3) is 10.2. The quantitative estimate of drug-likeness (QED) is 0.286.